The van der Waals surface area contributed by atoms with Crippen LogP contribution < -0.4 is 9.64 Å². The molecule has 0 atom stereocenters. The average molecular weight is 441 g/mol. The van der Waals surface area contributed by atoms with Crippen molar-refractivity contribution in [2.24, 2.45) is 0 Å². The van der Waals surface area contributed by atoms with Crippen LogP contribution in [0.4, 0.5) is 18.9 Å². The highest BCUT2D eigenvalue weighted by Gasteiger charge is 2.53. The fraction of sp³-hybridized carbons (Fsp3) is 0.450. The number of alkyl halides is 3. The monoisotopic (exact) mass is 441 g/mol. The molecule has 1 aromatic heterocycles. The average Bonchev–Trinajstić information content (AvgIpc) is 3.38. The summed E-state index contributed by atoms with van der Waals surface area (Å²) in [5.74, 6) is 0.581. The Morgan fingerprint density at radius 2 is 1.87 bits per heavy atom. The van der Waals surface area contributed by atoms with Crippen LogP contribution in [-0.4, -0.2) is 49.2 Å². The van der Waals surface area contributed by atoms with Gasteiger partial charge in [0.25, 0.3) is 9.84 Å². The van der Waals surface area contributed by atoms with Gasteiger partial charge in [0.05, 0.1) is 18.2 Å². The topological polar surface area (TPSA) is 62.7 Å². The van der Waals surface area contributed by atoms with Gasteiger partial charge in [-0.25, -0.2) is 13.4 Å². The Labute approximate surface area is 173 Å². The van der Waals surface area contributed by atoms with Crippen LogP contribution in [-0.2, 0) is 16.4 Å². The maximum absolute atomic E-state index is 12.7. The number of halogens is 3. The number of nitrogens with zero attached hydrogens (tertiary/aromatic N) is 3. The first-order valence-electron chi connectivity index (χ1n) is 9.64. The van der Waals surface area contributed by atoms with Gasteiger partial charge in [-0.2, -0.15) is 13.2 Å². The minimum atomic E-state index is -5.33. The number of benzene rings is 1. The first-order valence-corrected chi connectivity index (χ1v) is 11.1. The molecule has 0 radical (unpaired) electrons. The Hall–Kier alpha value is -2.33. The highest BCUT2D eigenvalue weighted by molar-refractivity contribution is 7.92. The number of pyridine rings is 1. The second-order valence-electron chi connectivity index (χ2n) is 7.64. The highest BCUT2D eigenvalue weighted by atomic mass is 32.2. The summed E-state index contributed by atoms with van der Waals surface area (Å²) in [5.41, 5.74) is -3.48. The SMILES string of the molecule is CCOc1cc(CN2CN(c3ccc(S(=O)(=O)C(F)(F)F)cc3)CC23CC3)ccn1. The van der Waals surface area contributed by atoms with Crippen molar-refractivity contribution in [3.8, 4) is 5.88 Å². The van der Waals surface area contributed by atoms with Gasteiger partial charge < -0.3 is 9.64 Å². The van der Waals surface area contributed by atoms with E-state index in [4.69, 9.17) is 4.74 Å². The molecule has 2 aliphatic rings. The van der Waals surface area contributed by atoms with E-state index in [2.05, 4.69) is 14.8 Å². The molecule has 1 saturated heterocycles. The van der Waals surface area contributed by atoms with Gasteiger partial charge in [0.2, 0.25) is 5.88 Å². The number of rotatable bonds is 6. The number of hydrogen-bond donors (Lipinski definition) is 0. The molecule has 2 heterocycles. The molecule has 0 unspecified atom stereocenters. The van der Waals surface area contributed by atoms with E-state index in [1.165, 1.54) is 12.1 Å². The van der Waals surface area contributed by atoms with Crippen LogP contribution in [0.2, 0.25) is 0 Å². The van der Waals surface area contributed by atoms with E-state index in [1.807, 2.05) is 19.1 Å². The molecule has 0 bridgehead atoms. The van der Waals surface area contributed by atoms with Gasteiger partial charge in [0.15, 0.2) is 0 Å². The Balaban J connectivity index is 1.49. The third-order valence-corrected chi connectivity index (χ3v) is 7.11. The van der Waals surface area contributed by atoms with Crippen molar-refractivity contribution in [1.82, 2.24) is 9.88 Å². The maximum atomic E-state index is 12.7. The maximum Gasteiger partial charge on any atom is 0.501 e. The van der Waals surface area contributed by atoms with E-state index in [0.717, 1.165) is 37.1 Å². The van der Waals surface area contributed by atoms with E-state index in [-0.39, 0.29) is 5.54 Å². The van der Waals surface area contributed by atoms with Crippen molar-refractivity contribution in [1.29, 1.82) is 0 Å². The number of sulfone groups is 1. The van der Waals surface area contributed by atoms with Gasteiger partial charge >= 0.3 is 5.51 Å². The molecule has 2 fully saturated rings. The lowest BCUT2D eigenvalue weighted by Crippen LogP contribution is -2.32. The van der Waals surface area contributed by atoms with Crippen molar-refractivity contribution in [2.75, 3.05) is 24.7 Å². The number of anilines is 1. The predicted octanol–water partition coefficient (Wildman–Crippen LogP) is 3.59. The van der Waals surface area contributed by atoms with Crippen LogP contribution >= 0.6 is 0 Å². The Bertz CT molecular complexity index is 1020. The van der Waals surface area contributed by atoms with Gasteiger partial charge in [-0.15, -0.1) is 0 Å². The fourth-order valence-corrected chi connectivity index (χ4v) is 4.60. The second kappa shape index (κ2) is 7.42. The van der Waals surface area contributed by atoms with Gasteiger partial charge in [0.1, 0.15) is 0 Å². The minimum Gasteiger partial charge on any atom is -0.478 e. The van der Waals surface area contributed by atoms with E-state index in [9.17, 15) is 21.6 Å². The zero-order chi connectivity index (χ0) is 21.6. The number of ether oxygens (including phenoxy) is 1. The molecule has 0 amide bonds. The van der Waals surface area contributed by atoms with Crippen LogP contribution in [0.25, 0.3) is 0 Å². The molecule has 1 aromatic carbocycles. The molecule has 6 nitrogen and oxygen atoms in total. The second-order valence-corrected chi connectivity index (χ2v) is 9.58. The summed E-state index contributed by atoms with van der Waals surface area (Å²) in [4.78, 5) is 7.86. The molecule has 1 spiro atoms. The summed E-state index contributed by atoms with van der Waals surface area (Å²) in [7, 11) is -5.33. The van der Waals surface area contributed by atoms with Crippen LogP contribution in [0.15, 0.2) is 47.5 Å². The molecule has 1 aliphatic heterocycles. The lowest BCUT2D eigenvalue weighted by atomic mass is 10.2. The van der Waals surface area contributed by atoms with Crippen molar-refractivity contribution in [3.05, 3.63) is 48.2 Å². The van der Waals surface area contributed by atoms with E-state index >= 15 is 0 Å². The quantitative estimate of drug-likeness (QED) is 0.683. The summed E-state index contributed by atoms with van der Waals surface area (Å²) in [5, 5.41) is 0. The lowest BCUT2D eigenvalue weighted by Gasteiger charge is -2.22. The van der Waals surface area contributed by atoms with Gasteiger partial charge in [0, 0.05) is 36.6 Å². The zero-order valence-corrected chi connectivity index (χ0v) is 17.2. The van der Waals surface area contributed by atoms with Crippen LogP contribution in [0, 0.1) is 0 Å². The molecular weight excluding hydrogens is 419 g/mol. The molecule has 1 saturated carbocycles. The summed E-state index contributed by atoms with van der Waals surface area (Å²) < 4.78 is 66.8. The normalized spacial score (nSPS) is 18.7. The first kappa shape index (κ1) is 20.9. The third-order valence-electron chi connectivity index (χ3n) is 5.61. The summed E-state index contributed by atoms with van der Waals surface area (Å²) in [6.07, 6.45) is 3.81. The van der Waals surface area contributed by atoms with Crippen molar-refractivity contribution >= 4 is 15.5 Å². The molecule has 2 aromatic rings. The smallest absolute Gasteiger partial charge is 0.478 e. The molecule has 1 aliphatic carbocycles. The third kappa shape index (κ3) is 3.85. The summed E-state index contributed by atoms with van der Waals surface area (Å²) in [6.45, 7) is 4.51. The summed E-state index contributed by atoms with van der Waals surface area (Å²) >= 11 is 0. The number of aromatic nitrogens is 1. The molecule has 4 rings (SSSR count). The minimum absolute atomic E-state index is 0.0474. The van der Waals surface area contributed by atoms with Crippen molar-refractivity contribution in [2.45, 2.75) is 42.3 Å². The molecule has 0 N–H and O–H groups in total. The number of hydrogen-bond acceptors (Lipinski definition) is 6. The molecule has 10 heteroatoms. The highest BCUT2D eigenvalue weighted by Crippen LogP contribution is 2.48. The van der Waals surface area contributed by atoms with Gasteiger partial charge in [-0.3, -0.25) is 4.90 Å². The van der Waals surface area contributed by atoms with Crippen molar-refractivity contribution < 1.29 is 26.3 Å². The van der Waals surface area contributed by atoms with Crippen molar-refractivity contribution in [3.63, 3.8) is 0 Å². The Morgan fingerprint density at radius 1 is 1.17 bits per heavy atom. The van der Waals surface area contributed by atoms with Gasteiger partial charge in [-0.1, -0.05) is 0 Å². The van der Waals surface area contributed by atoms with E-state index in [1.54, 1.807) is 6.20 Å². The molecule has 162 valence electrons. The van der Waals surface area contributed by atoms with Crippen LogP contribution in [0.3, 0.4) is 0 Å². The largest absolute Gasteiger partial charge is 0.501 e. The van der Waals surface area contributed by atoms with Crippen LogP contribution in [0.1, 0.15) is 25.3 Å². The Morgan fingerprint density at radius 3 is 2.47 bits per heavy atom. The fourth-order valence-electron chi connectivity index (χ4n) is 3.84. The Kier molecular flexibility index (Phi) is 5.17. The lowest BCUT2D eigenvalue weighted by molar-refractivity contribution is -0.0436. The molecule has 30 heavy (non-hydrogen) atoms. The first-order chi connectivity index (χ1) is 14.1. The van der Waals surface area contributed by atoms with Gasteiger partial charge in [-0.05, 0) is 55.7 Å². The van der Waals surface area contributed by atoms with E-state index < -0.39 is 20.2 Å². The standard InChI is InChI=1S/C20H22F3N3O3S/c1-2-29-18-11-15(7-10-24-18)12-26-14-25(13-19(26)8-9-19)16-3-5-17(6-4-16)30(27,28)20(21,22)23/h3-7,10-11H,2,8-9,12-14H2,1H3. The predicted molar refractivity (Wildman–Crippen MR) is 105 cm³/mol. The summed E-state index contributed by atoms with van der Waals surface area (Å²) in [6, 6.07) is 8.79. The zero-order valence-electron chi connectivity index (χ0n) is 16.4. The van der Waals surface area contributed by atoms with E-state index in [0.29, 0.717) is 31.4 Å². The molecular formula is C20H22F3N3O3S. The van der Waals surface area contributed by atoms with Crippen LogP contribution in [0.5, 0.6) is 5.88 Å².